The van der Waals surface area contributed by atoms with Gasteiger partial charge in [-0.25, -0.2) is 9.97 Å². The molecule has 5 rings (SSSR count). The highest BCUT2D eigenvalue weighted by atomic mass is 16.2. The zero-order chi connectivity index (χ0) is 20.5. The molecule has 152 valence electrons. The van der Waals surface area contributed by atoms with E-state index < -0.39 is 0 Å². The topological polar surface area (TPSA) is 90.6 Å². The van der Waals surface area contributed by atoms with Crippen LogP contribution in [-0.2, 0) is 11.2 Å². The van der Waals surface area contributed by atoms with Crippen molar-refractivity contribution in [2.24, 2.45) is 0 Å². The lowest BCUT2D eigenvalue weighted by Crippen LogP contribution is -2.40. The van der Waals surface area contributed by atoms with Gasteiger partial charge in [0.05, 0.1) is 12.1 Å². The van der Waals surface area contributed by atoms with Crippen molar-refractivity contribution in [3.63, 3.8) is 0 Å². The Labute approximate surface area is 174 Å². The second kappa shape index (κ2) is 7.74. The quantitative estimate of drug-likeness (QED) is 0.548. The number of H-pyrrole nitrogens is 2. The van der Waals surface area contributed by atoms with Gasteiger partial charge < -0.3 is 14.9 Å². The number of rotatable bonds is 4. The molecule has 4 heterocycles. The molecule has 0 saturated carbocycles. The molecule has 30 heavy (non-hydrogen) atoms. The van der Waals surface area contributed by atoms with Crippen LogP contribution in [0.5, 0.6) is 0 Å². The normalized spacial score (nSPS) is 16.8. The van der Waals surface area contributed by atoms with Crippen LogP contribution in [0.2, 0.25) is 0 Å². The lowest BCUT2D eigenvalue weighted by atomic mass is 9.92. The number of carbonyl (C=O) groups is 1. The Morgan fingerprint density at radius 1 is 1.20 bits per heavy atom. The van der Waals surface area contributed by atoms with E-state index in [0.29, 0.717) is 13.0 Å². The Morgan fingerprint density at radius 2 is 2.07 bits per heavy atom. The number of aromatic amines is 2. The molecule has 1 aliphatic heterocycles. The molecule has 0 aliphatic carbocycles. The fourth-order valence-corrected chi connectivity index (χ4v) is 4.34. The minimum Gasteiger partial charge on any atom is -0.361 e. The Hall–Kier alpha value is -3.48. The largest absolute Gasteiger partial charge is 0.361 e. The van der Waals surface area contributed by atoms with Crippen molar-refractivity contribution in [1.29, 1.82) is 0 Å². The standard InChI is InChI=1S/C23H24N6O/c1-15-12-27-23(28-15)22-21(24-8-9-25-22)16-5-4-10-29(14-16)20(30)11-17-13-26-19-7-3-2-6-18(17)19/h2-3,6-9,12-13,16,26H,4-5,10-11,14H2,1H3,(H,27,28)/t16-/m0/s1. The highest BCUT2D eigenvalue weighted by Crippen LogP contribution is 2.31. The van der Waals surface area contributed by atoms with Gasteiger partial charge >= 0.3 is 0 Å². The number of amides is 1. The minimum absolute atomic E-state index is 0.153. The van der Waals surface area contributed by atoms with Crippen molar-refractivity contribution < 1.29 is 4.79 Å². The Kier molecular flexibility index (Phi) is 4.78. The van der Waals surface area contributed by atoms with Gasteiger partial charge in [-0.3, -0.25) is 9.78 Å². The van der Waals surface area contributed by atoms with E-state index in [9.17, 15) is 4.79 Å². The summed E-state index contributed by atoms with van der Waals surface area (Å²) in [6, 6.07) is 8.10. The number of likely N-dealkylation sites (tertiary alicyclic amines) is 1. The molecule has 0 bridgehead atoms. The number of piperidine rings is 1. The Morgan fingerprint density at radius 3 is 2.93 bits per heavy atom. The summed E-state index contributed by atoms with van der Waals surface area (Å²) in [4.78, 5) is 35.2. The maximum Gasteiger partial charge on any atom is 0.227 e. The van der Waals surface area contributed by atoms with Crippen molar-refractivity contribution in [2.75, 3.05) is 13.1 Å². The molecule has 7 nitrogen and oxygen atoms in total. The predicted octanol–water partition coefficient (Wildman–Crippen LogP) is 3.61. The van der Waals surface area contributed by atoms with E-state index in [1.165, 1.54) is 0 Å². The minimum atomic E-state index is 0.153. The van der Waals surface area contributed by atoms with Gasteiger partial charge in [0.15, 0.2) is 5.82 Å². The first-order valence-electron chi connectivity index (χ1n) is 10.3. The predicted molar refractivity (Wildman–Crippen MR) is 115 cm³/mol. The van der Waals surface area contributed by atoms with Crippen LogP contribution in [0.4, 0.5) is 0 Å². The highest BCUT2D eigenvalue weighted by Gasteiger charge is 2.28. The van der Waals surface area contributed by atoms with Crippen molar-refractivity contribution >= 4 is 16.8 Å². The highest BCUT2D eigenvalue weighted by molar-refractivity contribution is 5.89. The van der Waals surface area contributed by atoms with Gasteiger partial charge in [0.1, 0.15) is 5.69 Å². The van der Waals surface area contributed by atoms with Crippen molar-refractivity contribution in [1.82, 2.24) is 29.8 Å². The number of fused-ring (bicyclic) bond motifs is 1. The number of aromatic nitrogens is 5. The average Bonchev–Trinajstić information content (AvgIpc) is 3.40. The molecule has 0 radical (unpaired) electrons. The zero-order valence-corrected chi connectivity index (χ0v) is 16.9. The molecule has 1 aromatic carbocycles. The number of nitrogens with zero attached hydrogens (tertiary/aromatic N) is 4. The molecule has 3 aromatic heterocycles. The molecule has 1 atom stereocenters. The monoisotopic (exact) mass is 400 g/mol. The summed E-state index contributed by atoms with van der Waals surface area (Å²) in [6.07, 6.45) is 9.51. The SMILES string of the molecule is Cc1cnc(-c2nccnc2[C@H]2CCCN(C(=O)Cc3c[nH]c4ccccc34)C2)[nH]1. The third-order valence-electron chi connectivity index (χ3n) is 5.83. The summed E-state index contributed by atoms with van der Waals surface area (Å²) < 4.78 is 0. The van der Waals surface area contributed by atoms with Gasteiger partial charge in [0.25, 0.3) is 0 Å². The van der Waals surface area contributed by atoms with Gasteiger partial charge in [-0.05, 0) is 31.4 Å². The molecule has 1 saturated heterocycles. The molecule has 1 aliphatic rings. The van der Waals surface area contributed by atoms with Crippen LogP contribution in [0, 0.1) is 6.92 Å². The zero-order valence-electron chi connectivity index (χ0n) is 16.9. The van der Waals surface area contributed by atoms with E-state index in [1.807, 2.05) is 36.2 Å². The van der Waals surface area contributed by atoms with Crippen molar-refractivity contribution in [3.05, 3.63) is 66.0 Å². The first-order chi connectivity index (χ1) is 14.7. The lowest BCUT2D eigenvalue weighted by Gasteiger charge is -2.33. The molecule has 1 fully saturated rings. The van der Waals surface area contributed by atoms with E-state index >= 15 is 0 Å². The van der Waals surface area contributed by atoms with E-state index in [0.717, 1.165) is 58.8 Å². The number of para-hydroxylation sites is 1. The number of benzene rings is 1. The van der Waals surface area contributed by atoms with Gasteiger partial charge in [-0.15, -0.1) is 0 Å². The average molecular weight is 400 g/mol. The molecular weight excluding hydrogens is 376 g/mol. The maximum absolute atomic E-state index is 13.1. The number of hydrogen-bond donors (Lipinski definition) is 2. The van der Waals surface area contributed by atoms with E-state index in [4.69, 9.17) is 0 Å². The second-order valence-corrected chi connectivity index (χ2v) is 7.92. The van der Waals surface area contributed by atoms with E-state index in [2.05, 4.69) is 31.0 Å². The van der Waals surface area contributed by atoms with Crippen LogP contribution >= 0.6 is 0 Å². The third kappa shape index (κ3) is 3.47. The van der Waals surface area contributed by atoms with Crippen LogP contribution in [0.25, 0.3) is 22.4 Å². The molecule has 1 amide bonds. The molecule has 4 aromatic rings. The first kappa shape index (κ1) is 18.5. The van der Waals surface area contributed by atoms with E-state index in [-0.39, 0.29) is 11.8 Å². The number of hydrogen-bond acceptors (Lipinski definition) is 4. The van der Waals surface area contributed by atoms with Gasteiger partial charge in [0.2, 0.25) is 5.91 Å². The summed E-state index contributed by atoms with van der Waals surface area (Å²) in [5, 5.41) is 1.11. The summed E-state index contributed by atoms with van der Waals surface area (Å²) in [6.45, 7) is 3.41. The fraction of sp³-hybridized carbons (Fsp3) is 0.304. The smallest absolute Gasteiger partial charge is 0.227 e. The second-order valence-electron chi connectivity index (χ2n) is 7.92. The molecule has 2 N–H and O–H groups in total. The molecule has 0 spiro atoms. The molecule has 7 heteroatoms. The van der Waals surface area contributed by atoms with Crippen molar-refractivity contribution in [2.45, 2.75) is 32.1 Å². The first-order valence-corrected chi connectivity index (χ1v) is 10.3. The summed E-state index contributed by atoms with van der Waals surface area (Å²) in [7, 11) is 0. The van der Waals surface area contributed by atoms with Gasteiger partial charge in [-0.1, -0.05) is 18.2 Å². The van der Waals surface area contributed by atoms with Crippen LogP contribution in [0.3, 0.4) is 0 Å². The summed E-state index contributed by atoms with van der Waals surface area (Å²) in [5.41, 5.74) is 4.79. The van der Waals surface area contributed by atoms with Gasteiger partial charge in [0, 0.05) is 60.4 Å². The van der Waals surface area contributed by atoms with E-state index in [1.54, 1.807) is 18.6 Å². The van der Waals surface area contributed by atoms with Crippen LogP contribution in [0.15, 0.2) is 49.1 Å². The molecule has 0 unspecified atom stereocenters. The summed E-state index contributed by atoms with van der Waals surface area (Å²) in [5.74, 6) is 1.04. The number of aryl methyl sites for hydroxylation is 1. The fourth-order valence-electron chi connectivity index (χ4n) is 4.34. The lowest BCUT2D eigenvalue weighted by molar-refractivity contribution is -0.131. The van der Waals surface area contributed by atoms with Crippen LogP contribution in [0.1, 0.15) is 35.7 Å². The molecular formula is C23H24N6O. The van der Waals surface area contributed by atoms with Crippen molar-refractivity contribution in [3.8, 4) is 11.5 Å². The maximum atomic E-state index is 13.1. The third-order valence-corrected chi connectivity index (χ3v) is 5.83. The summed E-state index contributed by atoms with van der Waals surface area (Å²) >= 11 is 0. The Bertz CT molecular complexity index is 1190. The number of carbonyl (C=O) groups excluding carboxylic acids is 1. The van der Waals surface area contributed by atoms with Crippen LogP contribution < -0.4 is 0 Å². The number of nitrogens with one attached hydrogen (secondary N) is 2. The van der Waals surface area contributed by atoms with Crippen LogP contribution in [-0.4, -0.2) is 48.8 Å². The van der Waals surface area contributed by atoms with Gasteiger partial charge in [-0.2, -0.15) is 0 Å². The Balaban J connectivity index is 1.36. The number of imidazole rings is 1.